The zero-order chi connectivity index (χ0) is 26.6. The van der Waals surface area contributed by atoms with Crippen LogP contribution in [0.2, 0.25) is 0 Å². The van der Waals surface area contributed by atoms with Gasteiger partial charge in [0, 0.05) is 26.5 Å². The largest absolute Gasteiger partial charge is 0.492 e. The van der Waals surface area contributed by atoms with E-state index in [0.29, 0.717) is 5.75 Å². The third kappa shape index (κ3) is 10.5. The molecule has 11 heteroatoms. The molecule has 0 aromatic heterocycles. The van der Waals surface area contributed by atoms with Gasteiger partial charge in [0.2, 0.25) is 0 Å². The molecule has 8 nitrogen and oxygen atoms in total. The fourth-order valence-corrected chi connectivity index (χ4v) is 3.03. The van der Waals surface area contributed by atoms with Crippen LogP contribution in [0.4, 0.5) is 18.0 Å². The highest BCUT2D eigenvalue weighted by Crippen LogP contribution is 2.18. The minimum absolute atomic E-state index is 0.00629. The van der Waals surface area contributed by atoms with Gasteiger partial charge in [-0.3, -0.25) is 0 Å². The van der Waals surface area contributed by atoms with Crippen molar-refractivity contribution in [3.05, 3.63) is 59.9 Å². The van der Waals surface area contributed by atoms with Gasteiger partial charge in [-0.15, -0.1) is 0 Å². The summed E-state index contributed by atoms with van der Waals surface area (Å²) < 4.78 is 60.7. The van der Waals surface area contributed by atoms with Crippen molar-refractivity contribution < 1.29 is 46.8 Å². The summed E-state index contributed by atoms with van der Waals surface area (Å²) in [5.74, 6) is -4.59. The third-order valence-electron chi connectivity index (χ3n) is 4.77. The van der Waals surface area contributed by atoms with E-state index in [1.807, 2.05) is 0 Å². The molecular weight excluding hydrogens is 483 g/mol. The number of carboxylic acid groups (broad SMARTS) is 1. The van der Waals surface area contributed by atoms with E-state index in [0.717, 1.165) is 23.5 Å². The number of carbonyl (C=O) groups excluding carboxylic acids is 1. The third-order valence-corrected chi connectivity index (χ3v) is 4.77. The Balaban J connectivity index is 1.93. The van der Waals surface area contributed by atoms with E-state index in [1.165, 1.54) is 18.2 Å². The number of alkyl halides is 2. The number of hydrogen-bond donors (Lipinski definition) is 1. The molecular formula is C25H30F3NO7. The zero-order valence-corrected chi connectivity index (χ0v) is 20.1. The van der Waals surface area contributed by atoms with Crippen LogP contribution in [0.25, 0.3) is 0 Å². The van der Waals surface area contributed by atoms with Crippen molar-refractivity contribution >= 4 is 12.1 Å². The Morgan fingerprint density at radius 3 is 2.33 bits per heavy atom. The number of rotatable bonds is 15. The Bertz CT molecular complexity index is 967. The minimum Gasteiger partial charge on any atom is -0.492 e. The van der Waals surface area contributed by atoms with Crippen LogP contribution in [0.15, 0.2) is 48.5 Å². The van der Waals surface area contributed by atoms with Crippen molar-refractivity contribution in [1.82, 2.24) is 4.90 Å². The Hall–Kier alpha value is -3.31. The molecule has 0 fully saturated rings. The van der Waals surface area contributed by atoms with Gasteiger partial charge in [0.05, 0.1) is 13.2 Å². The Morgan fingerprint density at radius 2 is 1.72 bits per heavy atom. The maximum Gasteiger partial charge on any atom is 0.415 e. The molecule has 0 radical (unpaired) electrons. The number of aliphatic carboxylic acids is 1. The van der Waals surface area contributed by atoms with Crippen molar-refractivity contribution in [2.75, 3.05) is 39.5 Å². The predicted octanol–water partition coefficient (Wildman–Crippen LogP) is 4.41. The first kappa shape index (κ1) is 28.9. The standard InChI is InChI=1S/C25H30F3NO7/c1-3-34-22(23(30)31)16-18-8-10-19(11-9-18)35-15-13-29(12-14-33-17-25(2,27)28)24(32)36-21-7-5-4-6-20(21)26/h4-11,22H,3,12-17H2,1-2H3,(H,30,31). The molecule has 0 bridgehead atoms. The van der Waals surface area contributed by atoms with Gasteiger partial charge in [-0.05, 0) is 36.8 Å². The van der Waals surface area contributed by atoms with Crippen LogP contribution in [0.1, 0.15) is 19.4 Å². The highest BCUT2D eigenvalue weighted by atomic mass is 19.3. The number of carbonyl (C=O) groups is 2. The fourth-order valence-electron chi connectivity index (χ4n) is 3.03. The number of nitrogens with zero attached hydrogens (tertiary/aromatic N) is 1. The van der Waals surface area contributed by atoms with Gasteiger partial charge in [0.25, 0.3) is 5.92 Å². The summed E-state index contributed by atoms with van der Waals surface area (Å²) in [5.41, 5.74) is 0.739. The van der Waals surface area contributed by atoms with E-state index in [-0.39, 0.29) is 45.1 Å². The predicted molar refractivity (Wildman–Crippen MR) is 124 cm³/mol. The van der Waals surface area contributed by atoms with E-state index >= 15 is 0 Å². The number of para-hydroxylation sites is 1. The molecule has 2 aromatic rings. The minimum atomic E-state index is -3.01. The van der Waals surface area contributed by atoms with Crippen molar-refractivity contribution in [3.63, 3.8) is 0 Å². The molecule has 2 aromatic carbocycles. The van der Waals surface area contributed by atoms with Gasteiger partial charge in [0.15, 0.2) is 17.7 Å². The van der Waals surface area contributed by atoms with Crippen molar-refractivity contribution in [2.45, 2.75) is 32.3 Å². The molecule has 1 amide bonds. The molecule has 1 unspecified atom stereocenters. The van der Waals surface area contributed by atoms with Crippen LogP contribution < -0.4 is 9.47 Å². The molecule has 0 spiro atoms. The lowest BCUT2D eigenvalue weighted by atomic mass is 10.1. The lowest BCUT2D eigenvalue weighted by molar-refractivity contribution is -0.149. The van der Waals surface area contributed by atoms with Crippen LogP contribution in [0.3, 0.4) is 0 Å². The van der Waals surface area contributed by atoms with Crippen molar-refractivity contribution in [1.29, 1.82) is 0 Å². The molecule has 0 aliphatic rings. The van der Waals surface area contributed by atoms with E-state index in [2.05, 4.69) is 0 Å². The van der Waals surface area contributed by atoms with Gasteiger partial charge < -0.3 is 29.0 Å². The normalized spacial score (nSPS) is 12.1. The topological polar surface area (TPSA) is 94.5 Å². The van der Waals surface area contributed by atoms with Crippen molar-refractivity contribution in [2.24, 2.45) is 0 Å². The quantitative estimate of drug-likeness (QED) is 0.353. The summed E-state index contributed by atoms with van der Waals surface area (Å²) in [6.45, 7) is 1.66. The smallest absolute Gasteiger partial charge is 0.415 e. The second-order valence-electron chi connectivity index (χ2n) is 7.89. The number of benzene rings is 2. The second kappa shape index (κ2) is 14.3. The number of ether oxygens (including phenoxy) is 4. The summed E-state index contributed by atoms with van der Waals surface area (Å²) in [7, 11) is 0. The fraction of sp³-hybridized carbons (Fsp3) is 0.440. The van der Waals surface area contributed by atoms with Gasteiger partial charge in [0.1, 0.15) is 19.0 Å². The number of carboxylic acids is 1. The molecule has 2 rings (SSSR count). The molecule has 0 heterocycles. The molecule has 36 heavy (non-hydrogen) atoms. The van der Waals surface area contributed by atoms with Crippen LogP contribution in [-0.2, 0) is 20.7 Å². The van der Waals surface area contributed by atoms with E-state index in [9.17, 15) is 27.9 Å². The van der Waals surface area contributed by atoms with Gasteiger partial charge in [-0.1, -0.05) is 24.3 Å². The number of hydrogen-bond acceptors (Lipinski definition) is 6. The Labute approximate surface area is 207 Å². The lowest BCUT2D eigenvalue weighted by Crippen LogP contribution is -2.39. The van der Waals surface area contributed by atoms with E-state index in [4.69, 9.17) is 18.9 Å². The summed E-state index contributed by atoms with van der Waals surface area (Å²) in [4.78, 5) is 25.0. The summed E-state index contributed by atoms with van der Waals surface area (Å²) in [5, 5.41) is 9.20. The molecule has 1 N–H and O–H groups in total. The highest BCUT2D eigenvalue weighted by Gasteiger charge is 2.22. The Morgan fingerprint density at radius 1 is 1.06 bits per heavy atom. The number of halogens is 3. The molecule has 0 aliphatic heterocycles. The summed E-state index contributed by atoms with van der Waals surface area (Å²) in [6.07, 6.45) is -1.65. The maximum atomic E-state index is 13.9. The summed E-state index contributed by atoms with van der Waals surface area (Å²) >= 11 is 0. The van der Waals surface area contributed by atoms with Crippen molar-refractivity contribution in [3.8, 4) is 11.5 Å². The van der Waals surface area contributed by atoms with Gasteiger partial charge in [-0.2, -0.15) is 0 Å². The van der Waals surface area contributed by atoms with E-state index in [1.54, 1.807) is 31.2 Å². The van der Waals surface area contributed by atoms with Gasteiger partial charge in [-0.25, -0.2) is 22.8 Å². The van der Waals surface area contributed by atoms with Gasteiger partial charge >= 0.3 is 12.1 Å². The maximum absolute atomic E-state index is 13.9. The first-order chi connectivity index (χ1) is 17.1. The highest BCUT2D eigenvalue weighted by molar-refractivity contribution is 5.72. The molecule has 0 aliphatic carbocycles. The first-order valence-electron chi connectivity index (χ1n) is 11.3. The average Bonchev–Trinajstić information content (AvgIpc) is 2.82. The Kier molecular flexibility index (Phi) is 11.5. The zero-order valence-electron chi connectivity index (χ0n) is 20.1. The van der Waals surface area contributed by atoms with Crippen LogP contribution in [-0.4, -0.2) is 73.6 Å². The van der Waals surface area contributed by atoms with E-state index < -0.39 is 36.5 Å². The molecule has 1 atom stereocenters. The average molecular weight is 514 g/mol. The van der Waals surface area contributed by atoms with Crippen LogP contribution in [0.5, 0.6) is 11.5 Å². The first-order valence-corrected chi connectivity index (χ1v) is 11.3. The summed E-state index contributed by atoms with van der Waals surface area (Å²) in [6, 6.07) is 12.1. The molecule has 0 saturated heterocycles. The van der Waals surface area contributed by atoms with Crippen LogP contribution >= 0.6 is 0 Å². The number of amides is 1. The lowest BCUT2D eigenvalue weighted by Gasteiger charge is -2.22. The molecule has 198 valence electrons. The molecule has 0 saturated carbocycles. The SMILES string of the molecule is CCOC(Cc1ccc(OCCN(CCOCC(C)(F)F)C(=O)Oc2ccccc2F)cc1)C(=O)O. The second-order valence-corrected chi connectivity index (χ2v) is 7.89. The monoisotopic (exact) mass is 513 g/mol. The van der Waals surface area contributed by atoms with Crippen LogP contribution in [0, 0.1) is 5.82 Å².